The van der Waals surface area contributed by atoms with E-state index in [0.717, 1.165) is 32.4 Å². The van der Waals surface area contributed by atoms with Gasteiger partial charge in [-0.25, -0.2) is 0 Å². The molecule has 1 N–H and O–H groups in total. The molecule has 1 heterocycles. The predicted molar refractivity (Wildman–Crippen MR) is 65.5 cm³/mol. The molecule has 0 saturated carbocycles. The normalized spacial score (nSPS) is 23.3. The van der Waals surface area contributed by atoms with Gasteiger partial charge in [-0.2, -0.15) is 0 Å². The Morgan fingerprint density at radius 1 is 1.38 bits per heavy atom. The third kappa shape index (κ3) is 2.76. The third-order valence-electron chi connectivity index (χ3n) is 4.07. The van der Waals surface area contributed by atoms with Crippen molar-refractivity contribution in [1.82, 2.24) is 4.90 Å². The van der Waals surface area contributed by atoms with Crippen LogP contribution in [0.4, 0.5) is 0 Å². The second-order valence-electron chi connectivity index (χ2n) is 5.62. The number of carbonyl (C=O) groups is 1. The van der Waals surface area contributed by atoms with Gasteiger partial charge in [0.15, 0.2) is 0 Å². The van der Waals surface area contributed by atoms with Gasteiger partial charge in [0.25, 0.3) is 0 Å². The lowest BCUT2D eigenvalue weighted by Crippen LogP contribution is -2.48. The molecule has 0 aliphatic carbocycles. The van der Waals surface area contributed by atoms with E-state index in [-0.39, 0.29) is 0 Å². The molecule has 16 heavy (non-hydrogen) atoms. The second kappa shape index (κ2) is 5.17. The molecule has 0 spiro atoms. The Kier molecular flexibility index (Phi) is 4.36. The van der Waals surface area contributed by atoms with Gasteiger partial charge in [-0.15, -0.1) is 0 Å². The topological polar surface area (TPSA) is 40.5 Å². The molecule has 1 aliphatic rings. The first-order valence-electron chi connectivity index (χ1n) is 6.38. The number of likely N-dealkylation sites (tertiary alicyclic amines) is 1. The van der Waals surface area contributed by atoms with E-state index in [4.69, 9.17) is 0 Å². The summed E-state index contributed by atoms with van der Waals surface area (Å²) in [6, 6.07) is 0.610. The third-order valence-corrected chi connectivity index (χ3v) is 4.07. The number of rotatable bonds is 4. The minimum atomic E-state index is -0.634. The van der Waals surface area contributed by atoms with Crippen molar-refractivity contribution in [3.63, 3.8) is 0 Å². The van der Waals surface area contributed by atoms with E-state index in [1.807, 2.05) is 6.92 Å². The standard InChI is InChI=1S/C13H25NO2/c1-5-11(10(2)3)14-8-6-13(4,7-9-14)12(15)16/h10-11H,5-9H2,1-4H3,(H,15,16). The van der Waals surface area contributed by atoms with Crippen LogP contribution in [-0.2, 0) is 4.79 Å². The summed E-state index contributed by atoms with van der Waals surface area (Å²) in [6.07, 6.45) is 2.72. The molecule has 0 bridgehead atoms. The SMILES string of the molecule is CCC(C(C)C)N1CCC(C)(C(=O)O)CC1. The molecular formula is C13H25NO2. The lowest BCUT2D eigenvalue weighted by Gasteiger charge is -2.41. The lowest BCUT2D eigenvalue weighted by atomic mass is 9.79. The monoisotopic (exact) mass is 227 g/mol. The molecule has 0 aromatic rings. The maximum Gasteiger partial charge on any atom is 0.309 e. The van der Waals surface area contributed by atoms with Crippen molar-refractivity contribution in [2.45, 2.75) is 53.0 Å². The molecule has 1 saturated heterocycles. The van der Waals surface area contributed by atoms with Crippen LogP contribution in [0.15, 0.2) is 0 Å². The van der Waals surface area contributed by atoms with E-state index in [2.05, 4.69) is 25.7 Å². The molecule has 1 atom stereocenters. The average molecular weight is 227 g/mol. The summed E-state index contributed by atoms with van der Waals surface area (Å²) in [7, 11) is 0. The molecule has 1 aliphatic heterocycles. The van der Waals surface area contributed by atoms with Gasteiger partial charge in [0.05, 0.1) is 5.41 Å². The molecule has 3 heteroatoms. The van der Waals surface area contributed by atoms with Crippen LogP contribution in [0.3, 0.4) is 0 Å². The van der Waals surface area contributed by atoms with E-state index in [9.17, 15) is 9.90 Å². The average Bonchev–Trinajstić information content (AvgIpc) is 2.21. The van der Waals surface area contributed by atoms with Crippen molar-refractivity contribution in [3.8, 4) is 0 Å². The first-order chi connectivity index (χ1) is 7.40. The van der Waals surface area contributed by atoms with Crippen molar-refractivity contribution in [1.29, 1.82) is 0 Å². The highest BCUT2D eigenvalue weighted by Crippen LogP contribution is 2.33. The van der Waals surface area contributed by atoms with Gasteiger partial charge in [-0.1, -0.05) is 20.8 Å². The van der Waals surface area contributed by atoms with Crippen LogP contribution in [0.1, 0.15) is 47.0 Å². The van der Waals surface area contributed by atoms with Crippen LogP contribution in [0.5, 0.6) is 0 Å². The zero-order valence-corrected chi connectivity index (χ0v) is 11.0. The van der Waals surface area contributed by atoms with Crippen molar-refractivity contribution in [2.75, 3.05) is 13.1 Å². The van der Waals surface area contributed by atoms with E-state index in [0.29, 0.717) is 12.0 Å². The summed E-state index contributed by atoms with van der Waals surface area (Å²) in [5, 5.41) is 9.17. The first-order valence-corrected chi connectivity index (χ1v) is 6.38. The van der Waals surface area contributed by atoms with Gasteiger partial charge in [0.1, 0.15) is 0 Å². The number of aliphatic carboxylic acids is 1. The quantitative estimate of drug-likeness (QED) is 0.802. The smallest absolute Gasteiger partial charge is 0.309 e. The summed E-state index contributed by atoms with van der Waals surface area (Å²) < 4.78 is 0. The fourth-order valence-electron chi connectivity index (χ4n) is 2.71. The lowest BCUT2D eigenvalue weighted by molar-refractivity contribution is -0.151. The summed E-state index contributed by atoms with van der Waals surface area (Å²) in [5.74, 6) is 0.0175. The zero-order valence-electron chi connectivity index (χ0n) is 11.0. The Hall–Kier alpha value is -0.570. The Morgan fingerprint density at radius 2 is 1.88 bits per heavy atom. The highest BCUT2D eigenvalue weighted by Gasteiger charge is 2.38. The van der Waals surface area contributed by atoms with Gasteiger partial charge in [0, 0.05) is 6.04 Å². The maximum atomic E-state index is 11.1. The predicted octanol–water partition coefficient (Wildman–Crippen LogP) is 2.61. The molecule has 0 aromatic heterocycles. The van der Waals surface area contributed by atoms with Crippen LogP contribution < -0.4 is 0 Å². The second-order valence-corrected chi connectivity index (χ2v) is 5.62. The molecule has 1 unspecified atom stereocenters. The summed E-state index contributed by atoms with van der Waals surface area (Å²) in [4.78, 5) is 13.6. The molecule has 0 aromatic carbocycles. The van der Waals surface area contributed by atoms with Crippen molar-refractivity contribution >= 4 is 5.97 Å². The van der Waals surface area contributed by atoms with E-state index in [1.54, 1.807) is 0 Å². The van der Waals surface area contributed by atoms with E-state index >= 15 is 0 Å². The zero-order chi connectivity index (χ0) is 12.3. The van der Waals surface area contributed by atoms with Gasteiger partial charge < -0.3 is 10.0 Å². The number of carboxylic acid groups (broad SMARTS) is 1. The van der Waals surface area contributed by atoms with Crippen LogP contribution in [-0.4, -0.2) is 35.1 Å². The summed E-state index contributed by atoms with van der Waals surface area (Å²) in [6.45, 7) is 10.5. The maximum absolute atomic E-state index is 11.1. The molecule has 94 valence electrons. The van der Waals surface area contributed by atoms with Gasteiger partial charge >= 0.3 is 5.97 Å². The minimum Gasteiger partial charge on any atom is -0.481 e. The first kappa shape index (κ1) is 13.5. The van der Waals surface area contributed by atoms with Crippen LogP contribution in [0.2, 0.25) is 0 Å². The van der Waals surface area contributed by atoms with Crippen molar-refractivity contribution in [3.05, 3.63) is 0 Å². The largest absolute Gasteiger partial charge is 0.481 e. The van der Waals surface area contributed by atoms with Gasteiger partial charge in [-0.05, 0) is 45.2 Å². The van der Waals surface area contributed by atoms with Gasteiger partial charge in [0.2, 0.25) is 0 Å². The number of carboxylic acids is 1. The Bertz CT molecular complexity index is 242. The van der Waals surface area contributed by atoms with Gasteiger partial charge in [-0.3, -0.25) is 4.79 Å². The molecule has 0 radical (unpaired) electrons. The molecule has 3 nitrogen and oxygen atoms in total. The van der Waals surface area contributed by atoms with E-state index in [1.165, 1.54) is 0 Å². The molecule has 1 fully saturated rings. The number of nitrogens with zero attached hydrogens (tertiary/aromatic N) is 1. The molecule has 1 rings (SSSR count). The van der Waals surface area contributed by atoms with E-state index < -0.39 is 11.4 Å². The Labute approximate surface area is 98.8 Å². The fourth-order valence-corrected chi connectivity index (χ4v) is 2.71. The van der Waals surface area contributed by atoms with Crippen LogP contribution in [0.25, 0.3) is 0 Å². The van der Waals surface area contributed by atoms with Crippen molar-refractivity contribution in [2.24, 2.45) is 11.3 Å². The molecular weight excluding hydrogens is 202 g/mol. The van der Waals surface area contributed by atoms with Crippen LogP contribution in [0, 0.1) is 11.3 Å². The van der Waals surface area contributed by atoms with Crippen molar-refractivity contribution < 1.29 is 9.90 Å². The Balaban J connectivity index is 2.57. The fraction of sp³-hybridized carbons (Fsp3) is 0.923. The summed E-state index contributed by atoms with van der Waals surface area (Å²) in [5.41, 5.74) is -0.494. The summed E-state index contributed by atoms with van der Waals surface area (Å²) >= 11 is 0. The number of piperidine rings is 1. The number of hydrogen-bond acceptors (Lipinski definition) is 2. The van der Waals surface area contributed by atoms with Crippen LogP contribution >= 0.6 is 0 Å². The minimum absolute atomic E-state index is 0.494. The highest BCUT2D eigenvalue weighted by molar-refractivity contribution is 5.74. The number of hydrogen-bond donors (Lipinski definition) is 1. The Morgan fingerprint density at radius 3 is 2.19 bits per heavy atom. The highest BCUT2D eigenvalue weighted by atomic mass is 16.4. The molecule has 0 amide bonds.